The second-order valence-corrected chi connectivity index (χ2v) is 18.8. The van der Waals surface area contributed by atoms with Crippen molar-refractivity contribution in [3.63, 3.8) is 0 Å². The third-order valence-electron chi connectivity index (χ3n) is 14.9. The molecule has 5 heteroatoms. The van der Waals surface area contributed by atoms with Gasteiger partial charge in [0.15, 0.2) is 0 Å². The molecule has 0 saturated carbocycles. The summed E-state index contributed by atoms with van der Waals surface area (Å²) in [7, 11) is 0. The van der Waals surface area contributed by atoms with E-state index < -0.39 is 0 Å². The predicted molar refractivity (Wildman–Crippen MR) is 300 cm³/mol. The largest absolute Gasteiger partial charge is 0.309 e. The third kappa shape index (κ3) is 6.11. The molecule has 0 unspecified atom stereocenters. The molecule has 0 N–H and O–H groups in total. The maximum absolute atomic E-state index is 5.57. The number of benzene rings is 10. The maximum atomic E-state index is 5.57. The number of hydrogen-bond donors (Lipinski definition) is 0. The highest BCUT2D eigenvalue weighted by Gasteiger charge is 2.23. The molecule has 5 aromatic heterocycles. The molecule has 72 heavy (non-hydrogen) atoms. The molecule has 0 bridgehead atoms. The molecule has 0 radical (unpaired) electrons. The summed E-state index contributed by atoms with van der Waals surface area (Å²) >= 11 is 0. The van der Waals surface area contributed by atoms with E-state index in [0.29, 0.717) is 0 Å². The summed E-state index contributed by atoms with van der Waals surface area (Å²) in [5, 5.41) is 13.2. The van der Waals surface area contributed by atoms with E-state index in [9.17, 15) is 0 Å². The maximum Gasteiger partial charge on any atom is 0.0788 e. The van der Waals surface area contributed by atoms with Crippen LogP contribution in [-0.4, -0.2) is 24.1 Å². The van der Waals surface area contributed by atoms with Crippen molar-refractivity contribution in [2.75, 3.05) is 0 Å². The van der Waals surface area contributed by atoms with Gasteiger partial charge in [-0.25, -0.2) is 0 Å². The third-order valence-corrected chi connectivity index (χ3v) is 14.9. The quantitative estimate of drug-likeness (QED) is 0.156. The average Bonchev–Trinajstić information content (AvgIpc) is 3.99. The minimum absolute atomic E-state index is 0.949. The fourth-order valence-corrected chi connectivity index (χ4v) is 11.7. The Morgan fingerprint density at radius 2 is 0.708 bits per heavy atom. The van der Waals surface area contributed by atoms with Crippen LogP contribution in [0.25, 0.3) is 143 Å². The van der Waals surface area contributed by atoms with Crippen LogP contribution in [-0.2, 0) is 0 Å². The number of fused-ring (bicyclic) bond motifs is 13. The predicted octanol–water partition coefficient (Wildman–Crippen LogP) is 17.3. The number of rotatable bonds is 6. The Morgan fingerprint density at radius 1 is 0.278 bits per heavy atom. The van der Waals surface area contributed by atoms with Crippen LogP contribution < -0.4 is 0 Å². The topological polar surface area (TPSA) is 48.5 Å². The minimum Gasteiger partial charge on any atom is -0.309 e. The van der Waals surface area contributed by atoms with E-state index in [1.165, 1.54) is 54.1 Å². The van der Waals surface area contributed by atoms with Gasteiger partial charge in [0.2, 0.25) is 0 Å². The molecule has 0 aliphatic rings. The molecule has 5 heterocycles. The Morgan fingerprint density at radius 3 is 1.25 bits per heavy atom. The lowest BCUT2D eigenvalue weighted by Gasteiger charge is -2.21. The van der Waals surface area contributed by atoms with Gasteiger partial charge in [0.25, 0.3) is 0 Å². The summed E-state index contributed by atoms with van der Waals surface area (Å²) in [5.41, 5.74) is 16.7. The molecule has 0 atom stereocenters. The van der Waals surface area contributed by atoms with Crippen molar-refractivity contribution in [1.29, 1.82) is 0 Å². The van der Waals surface area contributed by atoms with Gasteiger partial charge in [-0.3, -0.25) is 15.0 Å². The lowest BCUT2D eigenvalue weighted by molar-refractivity contribution is 1.16. The summed E-state index contributed by atoms with van der Waals surface area (Å²) < 4.78 is 4.85. The Labute approximate surface area is 414 Å². The summed E-state index contributed by atoms with van der Waals surface area (Å²) in [5.74, 6) is 0. The number of para-hydroxylation sites is 2. The van der Waals surface area contributed by atoms with E-state index >= 15 is 0 Å². The molecule has 0 aliphatic heterocycles. The molecule has 0 fully saturated rings. The number of nitrogens with zero attached hydrogens (tertiary/aromatic N) is 5. The van der Waals surface area contributed by atoms with Gasteiger partial charge in [-0.2, -0.15) is 0 Å². The Kier molecular flexibility index (Phi) is 8.89. The normalized spacial score (nSPS) is 11.9. The Balaban J connectivity index is 1.06. The van der Waals surface area contributed by atoms with Crippen LogP contribution >= 0.6 is 0 Å². The van der Waals surface area contributed by atoms with Gasteiger partial charge < -0.3 is 9.13 Å². The molecule has 0 spiro atoms. The van der Waals surface area contributed by atoms with Crippen molar-refractivity contribution in [1.82, 2.24) is 24.1 Å². The van der Waals surface area contributed by atoms with Gasteiger partial charge >= 0.3 is 0 Å². The van der Waals surface area contributed by atoms with Gasteiger partial charge in [0, 0.05) is 62.8 Å². The van der Waals surface area contributed by atoms with E-state index in [1.807, 2.05) is 24.8 Å². The molecule has 15 rings (SSSR count). The van der Waals surface area contributed by atoms with Crippen molar-refractivity contribution < 1.29 is 0 Å². The smallest absolute Gasteiger partial charge is 0.0788 e. The Bertz CT molecular complexity index is 4350. The second-order valence-electron chi connectivity index (χ2n) is 18.8. The highest BCUT2D eigenvalue weighted by atomic mass is 15.0. The van der Waals surface area contributed by atoms with Crippen molar-refractivity contribution in [3.05, 3.63) is 249 Å². The molecular weight excluding hydrogens is 875 g/mol. The second kappa shape index (κ2) is 15.9. The van der Waals surface area contributed by atoms with Crippen molar-refractivity contribution in [3.8, 4) is 55.9 Å². The van der Waals surface area contributed by atoms with Crippen LogP contribution in [0.2, 0.25) is 0 Å². The molecular formula is C67H41N5. The van der Waals surface area contributed by atoms with Crippen molar-refractivity contribution in [2.45, 2.75) is 0 Å². The van der Waals surface area contributed by atoms with Crippen LogP contribution in [0.4, 0.5) is 0 Å². The van der Waals surface area contributed by atoms with Gasteiger partial charge in [-0.15, -0.1) is 0 Å². The van der Waals surface area contributed by atoms with Gasteiger partial charge in [-0.1, -0.05) is 152 Å². The standard InChI is InChI=1S/C67H41N5/c1-3-11-52-46(9-1)25-29-61-65(52)55-13-5-7-15-59(55)71(61)50-27-28-54-57(39-50)63(48-21-17-42(18-22-48)44-31-35-68-36-32-44)64(49-23-19-43(20-24-49)45-33-37-69-38-34-45)58-40-51(41-70-67(54)58)72-60-16-8-6-14-56(60)66-53-12-4-2-10-47(53)26-30-62(66)72/h1-41H. The first kappa shape index (κ1) is 40.2. The number of aromatic nitrogens is 5. The van der Waals surface area contributed by atoms with Gasteiger partial charge in [-0.05, 0) is 138 Å². The summed E-state index contributed by atoms with van der Waals surface area (Å²) in [6, 6.07) is 79.9. The zero-order chi connectivity index (χ0) is 47.3. The molecule has 0 aliphatic carbocycles. The van der Waals surface area contributed by atoms with Crippen LogP contribution in [0, 0.1) is 0 Å². The van der Waals surface area contributed by atoms with Crippen molar-refractivity contribution in [2.24, 2.45) is 0 Å². The minimum atomic E-state index is 0.949. The van der Waals surface area contributed by atoms with Gasteiger partial charge in [0.1, 0.15) is 0 Å². The Hall–Kier alpha value is -9.71. The molecule has 334 valence electrons. The summed E-state index contributed by atoms with van der Waals surface area (Å²) in [6.07, 6.45) is 9.51. The zero-order valence-electron chi connectivity index (χ0n) is 38.9. The lowest BCUT2D eigenvalue weighted by atomic mass is 9.85. The first-order chi connectivity index (χ1) is 35.7. The number of pyridine rings is 3. The van der Waals surface area contributed by atoms with E-state index in [2.05, 4.69) is 244 Å². The average molecular weight is 916 g/mol. The van der Waals surface area contributed by atoms with E-state index in [4.69, 9.17) is 4.98 Å². The van der Waals surface area contributed by atoms with Crippen LogP contribution in [0.15, 0.2) is 249 Å². The first-order valence-electron chi connectivity index (χ1n) is 24.5. The van der Waals surface area contributed by atoms with E-state index in [-0.39, 0.29) is 0 Å². The van der Waals surface area contributed by atoms with Crippen LogP contribution in [0.5, 0.6) is 0 Å². The summed E-state index contributed by atoms with van der Waals surface area (Å²) in [6.45, 7) is 0. The molecule has 5 nitrogen and oxygen atoms in total. The zero-order valence-corrected chi connectivity index (χ0v) is 38.9. The fraction of sp³-hybridized carbons (Fsp3) is 0. The van der Waals surface area contributed by atoms with Crippen LogP contribution in [0.3, 0.4) is 0 Å². The van der Waals surface area contributed by atoms with Crippen molar-refractivity contribution >= 4 is 86.8 Å². The van der Waals surface area contributed by atoms with E-state index in [0.717, 1.165) is 88.6 Å². The lowest BCUT2D eigenvalue weighted by Crippen LogP contribution is -1.99. The van der Waals surface area contributed by atoms with Crippen LogP contribution in [0.1, 0.15) is 0 Å². The monoisotopic (exact) mass is 915 g/mol. The molecule has 10 aromatic carbocycles. The fourth-order valence-electron chi connectivity index (χ4n) is 11.7. The SMILES string of the molecule is c1ccc2c(c1)ccc1c2c2ccccc2n1-c1ccc2c(c1)c(-c1ccc(-c3ccncc3)cc1)c(-c1ccc(-c3ccncc3)cc1)c1cc(-n3c4ccccc4c4c5ccccc5ccc43)cnc12. The highest BCUT2D eigenvalue weighted by molar-refractivity contribution is 6.24. The van der Waals surface area contributed by atoms with Gasteiger partial charge in [0.05, 0.1) is 39.5 Å². The van der Waals surface area contributed by atoms with E-state index in [1.54, 1.807) is 0 Å². The molecule has 15 aromatic rings. The summed E-state index contributed by atoms with van der Waals surface area (Å²) in [4.78, 5) is 14.2. The first-order valence-corrected chi connectivity index (χ1v) is 24.5. The highest BCUT2D eigenvalue weighted by Crippen LogP contribution is 2.47. The molecule has 0 saturated heterocycles. The molecule has 0 amide bonds. The number of hydrogen-bond acceptors (Lipinski definition) is 3.